The topological polar surface area (TPSA) is 62.2 Å². The maximum absolute atomic E-state index is 12.6. The van der Waals surface area contributed by atoms with E-state index in [0.29, 0.717) is 36.9 Å². The summed E-state index contributed by atoms with van der Waals surface area (Å²) in [5.74, 6) is -0.00610. The van der Waals surface area contributed by atoms with Crippen molar-refractivity contribution in [2.24, 2.45) is 5.16 Å². The summed E-state index contributed by atoms with van der Waals surface area (Å²) in [6.07, 6.45) is 0.671. The molecule has 1 fully saturated rings. The molecule has 1 saturated heterocycles. The van der Waals surface area contributed by atoms with Crippen molar-refractivity contribution < 1.29 is 14.4 Å². The fourth-order valence-corrected chi connectivity index (χ4v) is 3.81. The lowest BCUT2D eigenvalue weighted by atomic mass is 10.1. The van der Waals surface area contributed by atoms with E-state index in [1.165, 1.54) is 11.3 Å². The molecule has 0 unspecified atom stereocenters. The van der Waals surface area contributed by atoms with E-state index in [4.69, 9.17) is 16.4 Å². The second kappa shape index (κ2) is 6.88. The van der Waals surface area contributed by atoms with Crippen molar-refractivity contribution in [2.75, 3.05) is 26.2 Å². The van der Waals surface area contributed by atoms with Crippen LogP contribution in [-0.2, 0) is 14.4 Å². The van der Waals surface area contributed by atoms with E-state index >= 15 is 0 Å². The summed E-state index contributed by atoms with van der Waals surface area (Å²) >= 11 is 7.36. The van der Waals surface area contributed by atoms with Gasteiger partial charge in [-0.1, -0.05) is 16.8 Å². The average Bonchev–Trinajstić information content (AvgIpc) is 3.09. The molecule has 2 aliphatic heterocycles. The lowest BCUT2D eigenvalue weighted by molar-refractivity contribution is -0.142. The molecule has 6 nitrogen and oxygen atoms in total. The smallest absolute Gasteiger partial charge is 0.266 e. The largest absolute Gasteiger partial charge is 0.382 e. The molecule has 124 valence electrons. The summed E-state index contributed by atoms with van der Waals surface area (Å²) in [5.41, 5.74) is 0.764. The van der Waals surface area contributed by atoms with Gasteiger partial charge in [0.2, 0.25) is 12.0 Å². The van der Waals surface area contributed by atoms with Crippen LogP contribution in [0.2, 0.25) is 4.34 Å². The van der Waals surface area contributed by atoms with Crippen LogP contribution in [-0.4, -0.2) is 59.6 Å². The minimum atomic E-state index is -0.574. The Morgan fingerprint density at radius 3 is 2.70 bits per heavy atom. The van der Waals surface area contributed by atoms with Crippen LogP contribution in [0.25, 0.3) is 0 Å². The van der Waals surface area contributed by atoms with Crippen LogP contribution in [0, 0.1) is 0 Å². The van der Waals surface area contributed by atoms with Crippen molar-refractivity contribution in [3.8, 4) is 0 Å². The molecule has 0 N–H and O–H groups in total. The SMILES string of the molecule is CC(=O)N1CCCN(C(=O)[C@@H]2CC(c3ccc(Cl)s3)=NO2)CC1. The first-order chi connectivity index (χ1) is 11.0. The van der Waals surface area contributed by atoms with E-state index < -0.39 is 6.10 Å². The third kappa shape index (κ3) is 3.67. The second-order valence-electron chi connectivity index (χ2n) is 5.62. The monoisotopic (exact) mass is 355 g/mol. The van der Waals surface area contributed by atoms with Gasteiger partial charge in [0.25, 0.3) is 5.91 Å². The first kappa shape index (κ1) is 16.3. The Kier molecular flexibility index (Phi) is 4.87. The van der Waals surface area contributed by atoms with Gasteiger partial charge < -0.3 is 14.6 Å². The van der Waals surface area contributed by atoms with E-state index in [1.807, 2.05) is 12.1 Å². The van der Waals surface area contributed by atoms with Crippen LogP contribution in [0.5, 0.6) is 0 Å². The van der Waals surface area contributed by atoms with Crippen LogP contribution in [0.1, 0.15) is 24.6 Å². The predicted octanol–water partition coefficient (Wildman–Crippen LogP) is 1.98. The number of carbonyl (C=O) groups is 2. The van der Waals surface area contributed by atoms with Crippen LogP contribution in [0.15, 0.2) is 17.3 Å². The number of hydrogen-bond acceptors (Lipinski definition) is 5. The molecule has 0 spiro atoms. The summed E-state index contributed by atoms with van der Waals surface area (Å²) in [6.45, 7) is 4.01. The van der Waals surface area contributed by atoms with Gasteiger partial charge in [-0.05, 0) is 18.6 Å². The Balaban J connectivity index is 1.58. The fraction of sp³-hybridized carbons (Fsp3) is 0.533. The van der Waals surface area contributed by atoms with Gasteiger partial charge >= 0.3 is 0 Å². The lowest BCUT2D eigenvalue weighted by Gasteiger charge is -2.23. The van der Waals surface area contributed by atoms with Crippen LogP contribution in [0.3, 0.4) is 0 Å². The summed E-state index contributed by atoms with van der Waals surface area (Å²) in [6, 6.07) is 3.70. The van der Waals surface area contributed by atoms with Crippen molar-refractivity contribution in [3.05, 3.63) is 21.3 Å². The summed E-state index contributed by atoms with van der Waals surface area (Å²) in [5, 5.41) is 4.04. The Bertz CT molecular complexity index is 646. The van der Waals surface area contributed by atoms with Crippen LogP contribution >= 0.6 is 22.9 Å². The third-order valence-corrected chi connectivity index (χ3v) is 5.33. The quantitative estimate of drug-likeness (QED) is 0.814. The molecule has 0 aromatic carbocycles. The summed E-state index contributed by atoms with van der Waals surface area (Å²) < 4.78 is 0.689. The highest BCUT2D eigenvalue weighted by Crippen LogP contribution is 2.27. The highest BCUT2D eigenvalue weighted by molar-refractivity contribution is 7.18. The van der Waals surface area contributed by atoms with E-state index in [0.717, 1.165) is 17.0 Å². The van der Waals surface area contributed by atoms with Gasteiger partial charge in [0.1, 0.15) is 5.71 Å². The standard InChI is InChI=1S/C15H18ClN3O3S/c1-10(20)18-5-2-6-19(8-7-18)15(21)12-9-11(17-22-12)13-3-4-14(16)23-13/h3-4,12H,2,5-9H2,1H3/t12-/m0/s1. The normalized spacial score (nSPS) is 21.7. The third-order valence-electron chi connectivity index (χ3n) is 4.05. The number of carbonyl (C=O) groups excluding carboxylic acids is 2. The van der Waals surface area contributed by atoms with E-state index in [-0.39, 0.29) is 11.8 Å². The molecule has 3 heterocycles. The number of rotatable bonds is 2. The maximum atomic E-state index is 12.6. The molecule has 2 aliphatic rings. The first-order valence-electron chi connectivity index (χ1n) is 7.57. The maximum Gasteiger partial charge on any atom is 0.266 e. The first-order valence-corrected chi connectivity index (χ1v) is 8.77. The zero-order valence-electron chi connectivity index (χ0n) is 12.8. The molecule has 0 saturated carbocycles. The Morgan fingerprint density at radius 2 is 2.00 bits per heavy atom. The van der Waals surface area contributed by atoms with Crippen molar-refractivity contribution in [2.45, 2.75) is 25.9 Å². The van der Waals surface area contributed by atoms with Gasteiger partial charge in [0.05, 0.1) is 9.21 Å². The fourth-order valence-electron chi connectivity index (χ4n) is 2.78. The zero-order chi connectivity index (χ0) is 16.4. The number of oxime groups is 1. The molecule has 0 bridgehead atoms. The molecule has 3 rings (SSSR count). The lowest BCUT2D eigenvalue weighted by Crippen LogP contribution is -2.42. The zero-order valence-corrected chi connectivity index (χ0v) is 14.4. The average molecular weight is 356 g/mol. The highest BCUT2D eigenvalue weighted by Gasteiger charge is 2.33. The van der Waals surface area contributed by atoms with E-state index in [9.17, 15) is 9.59 Å². The van der Waals surface area contributed by atoms with Crippen molar-refractivity contribution in [1.82, 2.24) is 9.80 Å². The second-order valence-corrected chi connectivity index (χ2v) is 7.34. The minimum Gasteiger partial charge on any atom is -0.382 e. The van der Waals surface area contributed by atoms with Crippen molar-refractivity contribution in [3.63, 3.8) is 0 Å². The van der Waals surface area contributed by atoms with E-state index in [1.54, 1.807) is 16.7 Å². The minimum absolute atomic E-state index is 0.0524. The van der Waals surface area contributed by atoms with Gasteiger partial charge in [-0.2, -0.15) is 0 Å². The van der Waals surface area contributed by atoms with Gasteiger partial charge in [-0.25, -0.2) is 0 Å². The van der Waals surface area contributed by atoms with Crippen LogP contribution in [0.4, 0.5) is 0 Å². The molecule has 1 aromatic rings. The van der Waals surface area contributed by atoms with Gasteiger partial charge in [-0.3, -0.25) is 9.59 Å². The number of halogens is 1. The molecule has 0 aliphatic carbocycles. The van der Waals surface area contributed by atoms with Crippen molar-refractivity contribution in [1.29, 1.82) is 0 Å². The highest BCUT2D eigenvalue weighted by atomic mass is 35.5. The number of hydrogen-bond donors (Lipinski definition) is 0. The molecule has 23 heavy (non-hydrogen) atoms. The summed E-state index contributed by atoms with van der Waals surface area (Å²) in [4.78, 5) is 33.9. The molecule has 0 radical (unpaired) electrons. The number of nitrogens with zero attached hydrogens (tertiary/aromatic N) is 3. The molecule has 8 heteroatoms. The van der Waals surface area contributed by atoms with Gasteiger partial charge in [-0.15, -0.1) is 11.3 Å². The van der Waals surface area contributed by atoms with Crippen molar-refractivity contribution >= 4 is 40.5 Å². The summed E-state index contributed by atoms with van der Waals surface area (Å²) in [7, 11) is 0. The Morgan fingerprint density at radius 1 is 1.26 bits per heavy atom. The van der Waals surface area contributed by atoms with Gasteiger partial charge in [0, 0.05) is 39.5 Å². The molecular formula is C15H18ClN3O3S. The number of amides is 2. The Hall–Kier alpha value is -1.60. The van der Waals surface area contributed by atoms with E-state index in [2.05, 4.69) is 5.16 Å². The molecule has 1 aromatic heterocycles. The van der Waals surface area contributed by atoms with Gasteiger partial charge in [0.15, 0.2) is 0 Å². The Labute approximate surface area is 143 Å². The van der Waals surface area contributed by atoms with Crippen LogP contribution < -0.4 is 0 Å². The predicted molar refractivity (Wildman–Crippen MR) is 88.8 cm³/mol. The number of thiophene rings is 1. The molecule has 1 atom stereocenters. The molecule has 2 amide bonds. The molecular weight excluding hydrogens is 338 g/mol.